The van der Waals surface area contributed by atoms with Crippen molar-refractivity contribution in [3.05, 3.63) is 23.9 Å². The Balaban J connectivity index is 1.86. The average Bonchev–Trinajstić information content (AvgIpc) is 2.58. The molecule has 1 aliphatic rings. The fourth-order valence-electron chi connectivity index (χ4n) is 2.55. The molecule has 0 saturated carbocycles. The Labute approximate surface area is 138 Å². The summed E-state index contributed by atoms with van der Waals surface area (Å²) in [5, 5.41) is 2.88. The van der Waals surface area contributed by atoms with Gasteiger partial charge in [-0.3, -0.25) is 4.79 Å². The van der Waals surface area contributed by atoms with E-state index in [0.717, 1.165) is 37.5 Å². The van der Waals surface area contributed by atoms with Gasteiger partial charge in [-0.05, 0) is 24.5 Å². The number of nitrogens with zero attached hydrogens (tertiary/aromatic N) is 2. The summed E-state index contributed by atoms with van der Waals surface area (Å²) in [7, 11) is 0. The summed E-state index contributed by atoms with van der Waals surface area (Å²) in [6.45, 7) is 8.99. The predicted molar refractivity (Wildman–Crippen MR) is 91.1 cm³/mol. The number of carbonyl (C=O) groups is 1. The summed E-state index contributed by atoms with van der Waals surface area (Å²) in [6, 6.07) is 3.54. The summed E-state index contributed by atoms with van der Waals surface area (Å²) in [4.78, 5) is 18.7. The van der Waals surface area contributed by atoms with Crippen molar-refractivity contribution in [2.24, 2.45) is 11.7 Å². The number of hydrogen-bond acceptors (Lipinski definition) is 5. The van der Waals surface area contributed by atoms with E-state index >= 15 is 0 Å². The van der Waals surface area contributed by atoms with Crippen LogP contribution in [0.25, 0.3) is 0 Å². The summed E-state index contributed by atoms with van der Waals surface area (Å²) in [5.74, 6) is 1.02. The zero-order chi connectivity index (χ0) is 16.8. The van der Waals surface area contributed by atoms with Crippen LogP contribution in [0.15, 0.2) is 18.3 Å². The van der Waals surface area contributed by atoms with E-state index in [1.165, 1.54) is 0 Å². The van der Waals surface area contributed by atoms with Gasteiger partial charge >= 0.3 is 0 Å². The fraction of sp³-hybridized carbons (Fsp3) is 0.647. The molecule has 1 aromatic heterocycles. The minimum atomic E-state index is -0.456. The maximum Gasteiger partial charge on any atom is 0.237 e. The normalized spacial score (nSPS) is 20.9. The van der Waals surface area contributed by atoms with E-state index in [1.807, 2.05) is 32.2 Å². The van der Waals surface area contributed by atoms with Crippen LogP contribution < -0.4 is 16.0 Å². The van der Waals surface area contributed by atoms with Gasteiger partial charge < -0.3 is 20.7 Å². The quantitative estimate of drug-likeness (QED) is 0.826. The highest BCUT2D eigenvalue weighted by Crippen LogP contribution is 2.15. The van der Waals surface area contributed by atoms with E-state index < -0.39 is 6.04 Å². The van der Waals surface area contributed by atoms with Crippen LogP contribution in [0.3, 0.4) is 0 Å². The van der Waals surface area contributed by atoms with E-state index in [9.17, 15) is 4.79 Å². The van der Waals surface area contributed by atoms with E-state index in [-0.39, 0.29) is 17.9 Å². The van der Waals surface area contributed by atoms with Gasteiger partial charge in [0.2, 0.25) is 5.91 Å². The Bertz CT molecular complexity index is 506. The van der Waals surface area contributed by atoms with Crippen LogP contribution in [0.5, 0.6) is 0 Å². The Morgan fingerprint density at radius 1 is 1.57 bits per heavy atom. The lowest BCUT2D eigenvalue weighted by Gasteiger charge is -2.32. The maximum absolute atomic E-state index is 12.0. The first-order valence-electron chi connectivity index (χ1n) is 8.36. The van der Waals surface area contributed by atoms with Crippen LogP contribution in [0.2, 0.25) is 0 Å². The number of morpholine rings is 1. The molecule has 128 valence electrons. The smallest absolute Gasteiger partial charge is 0.237 e. The molecule has 0 radical (unpaired) electrons. The van der Waals surface area contributed by atoms with Crippen LogP contribution in [-0.2, 0) is 16.1 Å². The Hall–Kier alpha value is -1.66. The molecule has 6 heteroatoms. The third-order valence-electron chi connectivity index (χ3n) is 4.40. The second-order valence-corrected chi connectivity index (χ2v) is 6.28. The highest BCUT2D eigenvalue weighted by molar-refractivity contribution is 5.81. The molecule has 1 saturated heterocycles. The number of hydrogen-bond donors (Lipinski definition) is 2. The molecule has 1 amide bonds. The predicted octanol–water partition coefficient (Wildman–Crippen LogP) is 1.30. The summed E-state index contributed by atoms with van der Waals surface area (Å²) < 4.78 is 5.54. The largest absolute Gasteiger partial charge is 0.375 e. The van der Waals surface area contributed by atoms with Gasteiger partial charge in [-0.1, -0.05) is 26.3 Å². The van der Waals surface area contributed by atoms with E-state index in [1.54, 1.807) is 0 Å². The van der Waals surface area contributed by atoms with E-state index in [4.69, 9.17) is 10.5 Å². The Morgan fingerprint density at radius 3 is 2.96 bits per heavy atom. The molecule has 0 aliphatic carbocycles. The number of pyridine rings is 1. The number of nitrogens with one attached hydrogen (secondary N) is 1. The Kier molecular flexibility index (Phi) is 6.36. The highest BCUT2D eigenvalue weighted by atomic mass is 16.5. The van der Waals surface area contributed by atoms with Crippen molar-refractivity contribution in [2.45, 2.75) is 45.9 Å². The monoisotopic (exact) mass is 320 g/mol. The van der Waals surface area contributed by atoms with Crippen LogP contribution in [-0.4, -0.2) is 42.7 Å². The molecule has 6 nitrogen and oxygen atoms in total. The summed E-state index contributed by atoms with van der Waals surface area (Å²) >= 11 is 0. The molecule has 3 N–H and O–H groups in total. The molecular weight excluding hydrogens is 292 g/mol. The molecule has 0 aromatic carbocycles. The van der Waals surface area contributed by atoms with Crippen molar-refractivity contribution in [1.29, 1.82) is 0 Å². The van der Waals surface area contributed by atoms with Crippen molar-refractivity contribution in [1.82, 2.24) is 10.3 Å². The number of nitrogens with two attached hydrogens (primary N) is 1. The summed E-state index contributed by atoms with van der Waals surface area (Å²) in [5.41, 5.74) is 6.90. The molecule has 1 aliphatic heterocycles. The standard InChI is InChI=1S/C17H28N4O2/c1-4-12(2)16(18)17(22)20-10-14-5-6-15(19-9-14)21-7-8-23-13(3)11-21/h5-6,9,12-13,16H,4,7-8,10-11,18H2,1-3H3,(H,20,22). The number of anilines is 1. The van der Waals surface area contributed by atoms with E-state index in [0.29, 0.717) is 6.54 Å². The molecule has 1 fully saturated rings. The molecule has 0 bridgehead atoms. The van der Waals surface area contributed by atoms with Crippen LogP contribution in [0.1, 0.15) is 32.8 Å². The lowest BCUT2D eigenvalue weighted by Crippen LogP contribution is -2.44. The molecule has 1 aromatic rings. The van der Waals surface area contributed by atoms with Crippen molar-refractivity contribution in [3.63, 3.8) is 0 Å². The van der Waals surface area contributed by atoms with Crippen molar-refractivity contribution >= 4 is 11.7 Å². The Morgan fingerprint density at radius 2 is 2.35 bits per heavy atom. The number of ether oxygens (including phenoxy) is 1. The molecule has 2 rings (SSSR count). The van der Waals surface area contributed by atoms with E-state index in [2.05, 4.69) is 22.1 Å². The fourth-order valence-corrected chi connectivity index (χ4v) is 2.55. The first-order valence-corrected chi connectivity index (χ1v) is 8.36. The second kappa shape index (κ2) is 8.26. The van der Waals surface area contributed by atoms with Gasteiger partial charge in [0.05, 0.1) is 18.8 Å². The van der Waals surface area contributed by atoms with Crippen molar-refractivity contribution in [2.75, 3.05) is 24.6 Å². The third kappa shape index (κ3) is 4.91. The zero-order valence-electron chi connectivity index (χ0n) is 14.3. The van der Waals surface area contributed by atoms with Gasteiger partial charge in [0.15, 0.2) is 0 Å². The zero-order valence-corrected chi connectivity index (χ0v) is 14.3. The molecular formula is C17H28N4O2. The molecule has 3 unspecified atom stereocenters. The van der Waals surface area contributed by atoms with Crippen molar-refractivity contribution < 1.29 is 9.53 Å². The lowest BCUT2D eigenvalue weighted by atomic mass is 9.99. The topological polar surface area (TPSA) is 80.5 Å². The van der Waals surface area contributed by atoms with Gasteiger partial charge in [0.25, 0.3) is 0 Å². The van der Waals surface area contributed by atoms with Gasteiger partial charge in [0, 0.05) is 25.8 Å². The average molecular weight is 320 g/mol. The second-order valence-electron chi connectivity index (χ2n) is 6.28. The van der Waals surface area contributed by atoms with Crippen molar-refractivity contribution in [3.8, 4) is 0 Å². The van der Waals surface area contributed by atoms with Gasteiger partial charge in [-0.15, -0.1) is 0 Å². The highest BCUT2D eigenvalue weighted by Gasteiger charge is 2.19. The first-order chi connectivity index (χ1) is 11.0. The molecule has 3 atom stereocenters. The van der Waals surface area contributed by atoms with Crippen LogP contribution in [0, 0.1) is 5.92 Å². The number of amides is 1. The number of aromatic nitrogens is 1. The maximum atomic E-state index is 12.0. The van der Waals surface area contributed by atoms with Crippen LogP contribution >= 0.6 is 0 Å². The molecule has 0 spiro atoms. The number of rotatable bonds is 6. The lowest BCUT2D eigenvalue weighted by molar-refractivity contribution is -0.123. The molecule has 2 heterocycles. The van der Waals surface area contributed by atoms with Crippen LogP contribution in [0.4, 0.5) is 5.82 Å². The molecule has 23 heavy (non-hydrogen) atoms. The summed E-state index contributed by atoms with van der Waals surface area (Å²) in [6.07, 6.45) is 2.93. The first kappa shape index (κ1) is 17.7. The minimum absolute atomic E-state index is 0.106. The minimum Gasteiger partial charge on any atom is -0.375 e. The van der Waals surface area contributed by atoms with Gasteiger partial charge in [-0.2, -0.15) is 0 Å². The van der Waals surface area contributed by atoms with Gasteiger partial charge in [-0.25, -0.2) is 4.98 Å². The number of carbonyl (C=O) groups excluding carboxylic acids is 1. The third-order valence-corrected chi connectivity index (χ3v) is 4.40. The SMILES string of the molecule is CCC(C)C(N)C(=O)NCc1ccc(N2CCOC(C)C2)nc1. The van der Waals surface area contributed by atoms with Gasteiger partial charge in [0.1, 0.15) is 5.82 Å².